The molecule has 0 saturated carbocycles. The third-order valence-electron chi connectivity index (χ3n) is 5.44. The summed E-state index contributed by atoms with van der Waals surface area (Å²) in [4.78, 5) is 38.8. The fourth-order valence-corrected chi connectivity index (χ4v) is 3.82. The van der Waals surface area contributed by atoms with Gasteiger partial charge in [0.1, 0.15) is 30.1 Å². The number of nitrogens with zero attached hydrogens (tertiary/aromatic N) is 3. The molecule has 1 N–H and O–H groups in total. The standard InChI is InChI=1S/C22H24N4O5/c1-3-5-16-21(28)25(22(29)23-16)13-20(27)26-18(19-6-4-11-31-19)12-17(24-26)14-7-9-15(30-2)10-8-14/h4,6-11,16,18H,3,5,12-13H2,1-2H3,(H,23,29). The van der Waals surface area contributed by atoms with E-state index in [1.807, 2.05) is 31.2 Å². The van der Waals surface area contributed by atoms with Crippen LogP contribution in [0.25, 0.3) is 0 Å². The van der Waals surface area contributed by atoms with Gasteiger partial charge in [0.2, 0.25) is 0 Å². The minimum absolute atomic E-state index is 0.374. The van der Waals surface area contributed by atoms with Gasteiger partial charge in [-0.3, -0.25) is 14.5 Å². The molecule has 2 aliphatic heterocycles. The monoisotopic (exact) mass is 424 g/mol. The summed E-state index contributed by atoms with van der Waals surface area (Å²) in [5, 5.41) is 8.48. The van der Waals surface area contributed by atoms with Crippen molar-refractivity contribution in [2.75, 3.05) is 13.7 Å². The van der Waals surface area contributed by atoms with Gasteiger partial charge in [0.15, 0.2) is 0 Å². The molecule has 0 radical (unpaired) electrons. The number of carbonyl (C=O) groups is 3. The van der Waals surface area contributed by atoms with E-state index in [9.17, 15) is 14.4 Å². The molecule has 31 heavy (non-hydrogen) atoms. The number of ether oxygens (including phenoxy) is 1. The minimum atomic E-state index is -0.580. The summed E-state index contributed by atoms with van der Waals surface area (Å²) in [6, 6.07) is 9.34. The van der Waals surface area contributed by atoms with Gasteiger partial charge in [0.05, 0.1) is 19.1 Å². The Balaban J connectivity index is 1.57. The van der Waals surface area contributed by atoms with E-state index < -0.39 is 24.0 Å². The lowest BCUT2D eigenvalue weighted by molar-refractivity contribution is -0.138. The van der Waals surface area contributed by atoms with Crippen LogP contribution in [0.2, 0.25) is 0 Å². The highest BCUT2D eigenvalue weighted by Gasteiger charge is 2.41. The maximum Gasteiger partial charge on any atom is 0.325 e. The first-order valence-electron chi connectivity index (χ1n) is 10.2. The first kappa shape index (κ1) is 20.6. The summed E-state index contributed by atoms with van der Waals surface area (Å²) in [6.45, 7) is 1.56. The van der Waals surface area contributed by atoms with Crippen LogP contribution in [-0.4, -0.2) is 53.2 Å². The second kappa shape index (κ2) is 8.63. The predicted molar refractivity (Wildman–Crippen MR) is 111 cm³/mol. The molecule has 0 spiro atoms. The zero-order valence-electron chi connectivity index (χ0n) is 17.4. The van der Waals surface area contributed by atoms with E-state index in [0.717, 1.165) is 22.6 Å². The van der Waals surface area contributed by atoms with Gasteiger partial charge in [-0.2, -0.15) is 5.10 Å². The number of carbonyl (C=O) groups excluding carboxylic acids is 3. The van der Waals surface area contributed by atoms with Crippen molar-refractivity contribution < 1.29 is 23.5 Å². The number of furan rings is 1. The summed E-state index contributed by atoms with van der Waals surface area (Å²) in [6.07, 6.45) is 3.27. The van der Waals surface area contributed by atoms with Gasteiger partial charge in [-0.1, -0.05) is 13.3 Å². The Morgan fingerprint density at radius 3 is 2.68 bits per heavy atom. The number of hydrazone groups is 1. The molecule has 1 fully saturated rings. The third kappa shape index (κ3) is 4.03. The molecule has 4 amide bonds. The highest BCUT2D eigenvalue weighted by Crippen LogP contribution is 2.33. The molecular formula is C22H24N4O5. The van der Waals surface area contributed by atoms with Crippen molar-refractivity contribution in [3.63, 3.8) is 0 Å². The zero-order chi connectivity index (χ0) is 22.0. The predicted octanol–water partition coefficient (Wildman–Crippen LogP) is 2.69. The SMILES string of the molecule is CCCC1NC(=O)N(CC(=O)N2N=C(c3ccc(OC)cc3)CC2c2ccco2)C1=O. The maximum atomic E-state index is 13.1. The Morgan fingerprint density at radius 1 is 1.26 bits per heavy atom. The molecule has 1 aromatic heterocycles. The van der Waals surface area contributed by atoms with Gasteiger partial charge < -0.3 is 14.5 Å². The fraction of sp³-hybridized carbons (Fsp3) is 0.364. The summed E-state index contributed by atoms with van der Waals surface area (Å²) < 4.78 is 10.7. The molecule has 2 unspecified atom stereocenters. The van der Waals surface area contributed by atoms with Gasteiger partial charge in [0, 0.05) is 6.42 Å². The van der Waals surface area contributed by atoms with E-state index in [1.165, 1.54) is 11.3 Å². The average molecular weight is 424 g/mol. The summed E-state index contributed by atoms with van der Waals surface area (Å²) in [7, 11) is 1.59. The van der Waals surface area contributed by atoms with Crippen LogP contribution in [0.15, 0.2) is 52.2 Å². The molecular weight excluding hydrogens is 400 g/mol. The van der Waals surface area contributed by atoms with Gasteiger partial charge in [-0.15, -0.1) is 0 Å². The molecule has 9 heteroatoms. The van der Waals surface area contributed by atoms with Crippen molar-refractivity contribution in [3.05, 3.63) is 54.0 Å². The van der Waals surface area contributed by atoms with Gasteiger partial charge in [0.25, 0.3) is 11.8 Å². The van der Waals surface area contributed by atoms with E-state index >= 15 is 0 Å². The van der Waals surface area contributed by atoms with Crippen LogP contribution in [0, 0.1) is 0 Å². The van der Waals surface area contributed by atoms with Crippen molar-refractivity contribution in [2.24, 2.45) is 5.10 Å². The number of urea groups is 1. The molecule has 2 aromatic rings. The van der Waals surface area contributed by atoms with Crippen LogP contribution >= 0.6 is 0 Å². The molecule has 9 nitrogen and oxygen atoms in total. The number of amides is 4. The molecule has 2 aliphatic rings. The highest BCUT2D eigenvalue weighted by atomic mass is 16.5. The molecule has 4 rings (SSSR count). The molecule has 1 aromatic carbocycles. The Hall–Kier alpha value is -3.62. The second-order valence-corrected chi connectivity index (χ2v) is 7.46. The number of rotatable bonds is 7. The quantitative estimate of drug-likeness (QED) is 0.688. The summed E-state index contributed by atoms with van der Waals surface area (Å²) >= 11 is 0. The fourth-order valence-electron chi connectivity index (χ4n) is 3.82. The maximum absolute atomic E-state index is 13.1. The number of hydrogen-bond donors (Lipinski definition) is 1. The lowest BCUT2D eigenvalue weighted by Gasteiger charge is -2.22. The number of nitrogens with one attached hydrogen (secondary N) is 1. The Morgan fingerprint density at radius 2 is 2.03 bits per heavy atom. The number of imide groups is 1. The molecule has 1 saturated heterocycles. The normalized spacial score (nSPS) is 20.8. The van der Waals surface area contributed by atoms with E-state index in [0.29, 0.717) is 24.3 Å². The number of benzene rings is 1. The van der Waals surface area contributed by atoms with Gasteiger partial charge >= 0.3 is 6.03 Å². The zero-order valence-corrected chi connectivity index (χ0v) is 17.4. The van der Waals surface area contributed by atoms with Crippen molar-refractivity contribution in [2.45, 2.75) is 38.3 Å². The average Bonchev–Trinajstić information content (AvgIpc) is 3.50. The van der Waals surface area contributed by atoms with Crippen molar-refractivity contribution in [1.29, 1.82) is 0 Å². The molecule has 0 aliphatic carbocycles. The lowest BCUT2D eigenvalue weighted by Crippen LogP contribution is -2.41. The second-order valence-electron chi connectivity index (χ2n) is 7.46. The van der Waals surface area contributed by atoms with Crippen LogP contribution in [-0.2, 0) is 9.59 Å². The summed E-state index contributed by atoms with van der Waals surface area (Å²) in [5.74, 6) is 0.471. The van der Waals surface area contributed by atoms with Crippen molar-refractivity contribution in [1.82, 2.24) is 15.2 Å². The van der Waals surface area contributed by atoms with Crippen LogP contribution in [0.5, 0.6) is 5.75 Å². The van der Waals surface area contributed by atoms with Crippen LogP contribution in [0.4, 0.5) is 4.79 Å². The van der Waals surface area contributed by atoms with Crippen LogP contribution < -0.4 is 10.1 Å². The molecule has 3 heterocycles. The van der Waals surface area contributed by atoms with E-state index in [1.54, 1.807) is 19.2 Å². The summed E-state index contributed by atoms with van der Waals surface area (Å²) in [5.41, 5.74) is 1.56. The van der Waals surface area contributed by atoms with E-state index in [2.05, 4.69) is 10.4 Å². The molecule has 2 atom stereocenters. The first-order valence-corrected chi connectivity index (χ1v) is 10.2. The Labute approximate surface area is 179 Å². The topological polar surface area (TPSA) is 104 Å². The van der Waals surface area contributed by atoms with Gasteiger partial charge in [-0.25, -0.2) is 9.80 Å². The number of methoxy groups -OCH3 is 1. The van der Waals surface area contributed by atoms with Crippen molar-refractivity contribution >= 4 is 23.6 Å². The van der Waals surface area contributed by atoms with Gasteiger partial charge in [-0.05, 0) is 48.4 Å². The van der Waals surface area contributed by atoms with Crippen LogP contribution in [0.1, 0.15) is 43.6 Å². The largest absolute Gasteiger partial charge is 0.497 e. The first-order chi connectivity index (χ1) is 15.0. The highest BCUT2D eigenvalue weighted by molar-refractivity contribution is 6.07. The van der Waals surface area contributed by atoms with E-state index in [4.69, 9.17) is 9.15 Å². The van der Waals surface area contributed by atoms with Crippen molar-refractivity contribution in [3.8, 4) is 5.75 Å². The third-order valence-corrected chi connectivity index (χ3v) is 5.44. The Bertz CT molecular complexity index is 999. The number of hydrogen-bond acceptors (Lipinski definition) is 6. The Kier molecular flexibility index (Phi) is 5.75. The smallest absolute Gasteiger partial charge is 0.325 e. The minimum Gasteiger partial charge on any atom is -0.497 e. The lowest BCUT2D eigenvalue weighted by atomic mass is 10.0. The molecule has 162 valence electrons. The van der Waals surface area contributed by atoms with Crippen LogP contribution in [0.3, 0.4) is 0 Å². The molecule has 0 bridgehead atoms. The van der Waals surface area contributed by atoms with E-state index in [-0.39, 0.29) is 12.5 Å².